The molecule has 4 rings (SSSR count). The standard InChI is InChI=1S/C19H20N6O/c26-18(14-4-5-16-17(12-14)21-9-8-20-16)23-13-15-6-7-22-19(24-15)25-10-2-1-3-11-25/h4-9,12H,1-3,10-11,13H2,(H,23,26). The molecule has 7 heteroatoms. The van der Waals surface area contributed by atoms with Crippen LogP contribution in [0.25, 0.3) is 11.0 Å². The molecule has 2 aromatic heterocycles. The van der Waals surface area contributed by atoms with Gasteiger partial charge in [-0.3, -0.25) is 14.8 Å². The predicted molar refractivity (Wildman–Crippen MR) is 98.8 cm³/mol. The molecular formula is C19H20N6O. The van der Waals surface area contributed by atoms with Crippen LogP contribution in [0.15, 0.2) is 42.9 Å². The van der Waals surface area contributed by atoms with Gasteiger partial charge in [0.2, 0.25) is 5.95 Å². The molecule has 1 saturated heterocycles. The van der Waals surface area contributed by atoms with Crippen molar-refractivity contribution in [2.45, 2.75) is 25.8 Å². The Hall–Kier alpha value is -3.09. The molecule has 26 heavy (non-hydrogen) atoms. The fourth-order valence-electron chi connectivity index (χ4n) is 3.11. The van der Waals surface area contributed by atoms with E-state index in [1.165, 1.54) is 19.3 Å². The Labute approximate surface area is 151 Å². The number of benzene rings is 1. The van der Waals surface area contributed by atoms with Crippen LogP contribution in [0.2, 0.25) is 0 Å². The fourth-order valence-corrected chi connectivity index (χ4v) is 3.11. The van der Waals surface area contributed by atoms with E-state index in [-0.39, 0.29) is 5.91 Å². The summed E-state index contributed by atoms with van der Waals surface area (Å²) in [5.41, 5.74) is 2.83. The van der Waals surface area contributed by atoms with E-state index in [4.69, 9.17) is 0 Å². The zero-order valence-corrected chi connectivity index (χ0v) is 14.4. The number of piperidine rings is 1. The average molecular weight is 348 g/mol. The number of hydrogen-bond donors (Lipinski definition) is 1. The second-order valence-electron chi connectivity index (χ2n) is 6.34. The summed E-state index contributed by atoms with van der Waals surface area (Å²) in [7, 11) is 0. The van der Waals surface area contributed by atoms with E-state index in [0.29, 0.717) is 17.6 Å². The van der Waals surface area contributed by atoms with Gasteiger partial charge in [-0.1, -0.05) is 0 Å². The first-order valence-corrected chi connectivity index (χ1v) is 8.85. The average Bonchev–Trinajstić information content (AvgIpc) is 2.72. The van der Waals surface area contributed by atoms with Crippen LogP contribution in [-0.2, 0) is 6.54 Å². The topological polar surface area (TPSA) is 83.9 Å². The van der Waals surface area contributed by atoms with Crippen LogP contribution in [0.1, 0.15) is 35.3 Å². The Morgan fingerprint density at radius 2 is 1.77 bits per heavy atom. The zero-order valence-electron chi connectivity index (χ0n) is 14.4. The Bertz CT molecular complexity index is 923. The SMILES string of the molecule is O=C(NCc1ccnc(N2CCCCC2)n1)c1ccc2nccnc2c1. The lowest BCUT2D eigenvalue weighted by Gasteiger charge is -2.26. The van der Waals surface area contributed by atoms with Crippen molar-refractivity contribution in [3.8, 4) is 0 Å². The Balaban J connectivity index is 1.43. The molecule has 0 radical (unpaired) electrons. The second kappa shape index (κ2) is 7.43. The van der Waals surface area contributed by atoms with Gasteiger partial charge in [0.25, 0.3) is 5.91 Å². The number of carbonyl (C=O) groups is 1. The highest BCUT2D eigenvalue weighted by molar-refractivity contribution is 5.97. The normalized spacial score (nSPS) is 14.4. The molecule has 0 unspecified atom stereocenters. The van der Waals surface area contributed by atoms with Crippen molar-refractivity contribution in [3.63, 3.8) is 0 Å². The van der Waals surface area contributed by atoms with Crippen LogP contribution in [0, 0.1) is 0 Å². The summed E-state index contributed by atoms with van der Waals surface area (Å²) in [6.07, 6.45) is 8.63. The first kappa shape index (κ1) is 16.4. The molecule has 1 amide bonds. The third-order valence-electron chi connectivity index (χ3n) is 4.50. The summed E-state index contributed by atoms with van der Waals surface area (Å²) < 4.78 is 0. The van der Waals surface area contributed by atoms with Gasteiger partial charge in [0.05, 0.1) is 23.3 Å². The van der Waals surface area contributed by atoms with Crippen molar-refractivity contribution in [2.24, 2.45) is 0 Å². The van der Waals surface area contributed by atoms with Crippen molar-refractivity contribution < 1.29 is 4.79 Å². The highest BCUT2D eigenvalue weighted by Gasteiger charge is 2.14. The number of fused-ring (bicyclic) bond motifs is 1. The Kier molecular flexibility index (Phi) is 4.68. The zero-order chi connectivity index (χ0) is 17.8. The maximum Gasteiger partial charge on any atom is 0.251 e. The maximum atomic E-state index is 12.4. The van der Waals surface area contributed by atoms with Crippen LogP contribution in [0.5, 0.6) is 0 Å². The Morgan fingerprint density at radius 1 is 0.962 bits per heavy atom. The van der Waals surface area contributed by atoms with Gasteiger partial charge in [-0.25, -0.2) is 9.97 Å². The van der Waals surface area contributed by atoms with Crippen LogP contribution in [-0.4, -0.2) is 38.9 Å². The number of rotatable bonds is 4. The van der Waals surface area contributed by atoms with E-state index in [9.17, 15) is 4.79 Å². The van der Waals surface area contributed by atoms with Gasteiger partial charge >= 0.3 is 0 Å². The number of amides is 1. The van der Waals surface area contributed by atoms with Gasteiger partial charge in [0, 0.05) is 37.2 Å². The van der Waals surface area contributed by atoms with Gasteiger partial charge in [-0.15, -0.1) is 0 Å². The third-order valence-corrected chi connectivity index (χ3v) is 4.50. The lowest BCUT2D eigenvalue weighted by atomic mass is 10.1. The number of aromatic nitrogens is 4. The Morgan fingerprint density at radius 3 is 2.62 bits per heavy atom. The predicted octanol–water partition coefficient (Wildman–Crippen LogP) is 2.34. The van der Waals surface area contributed by atoms with Crippen molar-refractivity contribution in [3.05, 3.63) is 54.1 Å². The van der Waals surface area contributed by atoms with Gasteiger partial charge in [0.1, 0.15) is 0 Å². The molecule has 0 bridgehead atoms. The van der Waals surface area contributed by atoms with Crippen molar-refractivity contribution in [2.75, 3.05) is 18.0 Å². The van der Waals surface area contributed by atoms with Crippen LogP contribution >= 0.6 is 0 Å². The lowest BCUT2D eigenvalue weighted by Crippen LogP contribution is -2.31. The quantitative estimate of drug-likeness (QED) is 0.779. The summed E-state index contributed by atoms with van der Waals surface area (Å²) in [5.74, 6) is 0.591. The number of carbonyl (C=O) groups excluding carboxylic acids is 1. The molecule has 0 spiro atoms. The highest BCUT2D eigenvalue weighted by atomic mass is 16.1. The highest BCUT2D eigenvalue weighted by Crippen LogP contribution is 2.15. The van der Waals surface area contributed by atoms with E-state index < -0.39 is 0 Å². The number of nitrogens with zero attached hydrogens (tertiary/aromatic N) is 5. The number of anilines is 1. The molecule has 0 saturated carbocycles. The summed E-state index contributed by atoms with van der Waals surface area (Å²) in [4.78, 5) is 32.1. The molecule has 132 valence electrons. The smallest absolute Gasteiger partial charge is 0.251 e. The van der Waals surface area contributed by atoms with Gasteiger partial charge in [-0.2, -0.15) is 0 Å². The van der Waals surface area contributed by atoms with Gasteiger partial charge in [-0.05, 0) is 43.5 Å². The summed E-state index contributed by atoms with van der Waals surface area (Å²) in [6.45, 7) is 2.35. The molecule has 1 aliphatic heterocycles. The second-order valence-corrected chi connectivity index (χ2v) is 6.34. The summed E-state index contributed by atoms with van der Waals surface area (Å²) >= 11 is 0. The largest absolute Gasteiger partial charge is 0.346 e. The molecule has 1 aromatic carbocycles. The van der Waals surface area contributed by atoms with Crippen molar-refractivity contribution >= 4 is 22.9 Å². The molecule has 3 aromatic rings. The van der Waals surface area contributed by atoms with Gasteiger partial charge < -0.3 is 10.2 Å². The maximum absolute atomic E-state index is 12.4. The van der Waals surface area contributed by atoms with Crippen LogP contribution < -0.4 is 10.2 Å². The minimum absolute atomic E-state index is 0.157. The number of nitrogens with one attached hydrogen (secondary N) is 1. The van der Waals surface area contributed by atoms with Crippen molar-refractivity contribution in [1.82, 2.24) is 25.3 Å². The molecule has 7 nitrogen and oxygen atoms in total. The van der Waals surface area contributed by atoms with E-state index in [2.05, 4.69) is 30.2 Å². The van der Waals surface area contributed by atoms with Crippen molar-refractivity contribution in [1.29, 1.82) is 0 Å². The minimum Gasteiger partial charge on any atom is -0.346 e. The molecule has 0 atom stereocenters. The first-order chi connectivity index (χ1) is 12.8. The summed E-state index contributed by atoms with van der Waals surface area (Å²) in [6, 6.07) is 7.14. The molecule has 1 fully saturated rings. The molecule has 0 aliphatic carbocycles. The molecule has 1 aliphatic rings. The lowest BCUT2D eigenvalue weighted by molar-refractivity contribution is 0.0950. The van der Waals surface area contributed by atoms with E-state index >= 15 is 0 Å². The fraction of sp³-hybridized carbons (Fsp3) is 0.316. The van der Waals surface area contributed by atoms with E-state index in [1.807, 2.05) is 6.07 Å². The van der Waals surface area contributed by atoms with Gasteiger partial charge in [0.15, 0.2) is 0 Å². The van der Waals surface area contributed by atoms with Crippen LogP contribution in [0.4, 0.5) is 5.95 Å². The van der Waals surface area contributed by atoms with E-state index in [0.717, 1.165) is 30.2 Å². The minimum atomic E-state index is -0.157. The molecule has 1 N–H and O–H groups in total. The molecular weight excluding hydrogens is 328 g/mol. The summed E-state index contributed by atoms with van der Waals surface area (Å²) in [5, 5.41) is 2.91. The van der Waals surface area contributed by atoms with E-state index in [1.54, 1.807) is 36.8 Å². The third kappa shape index (κ3) is 3.61. The number of hydrogen-bond acceptors (Lipinski definition) is 6. The van der Waals surface area contributed by atoms with Crippen LogP contribution in [0.3, 0.4) is 0 Å². The molecule has 3 heterocycles. The first-order valence-electron chi connectivity index (χ1n) is 8.85. The monoisotopic (exact) mass is 348 g/mol.